The third kappa shape index (κ3) is 3.86. The summed E-state index contributed by atoms with van der Waals surface area (Å²) in [4.78, 5) is 49.5. The molecule has 0 spiro atoms. The number of likely N-dealkylation sites (N-methyl/N-ethyl adjacent to an activating group) is 1. The summed E-state index contributed by atoms with van der Waals surface area (Å²) in [7, 11) is 2.14. The smallest absolute Gasteiger partial charge is 0.280 e. The van der Waals surface area contributed by atoms with Gasteiger partial charge in [0.25, 0.3) is 11.8 Å². The van der Waals surface area contributed by atoms with Crippen molar-refractivity contribution in [3.63, 3.8) is 0 Å². The Labute approximate surface area is 250 Å². The second-order valence-corrected chi connectivity index (χ2v) is 13.3. The monoisotopic (exact) mass is 584 g/mol. The molecule has 4 saturated heterocycles. The van der Waals surface area contributed by atoms with Gasteiger partial charge in [-0.3, -0.25) is 24.0 Å². The van der Waals surface area contributed by atoms with Crippen LogP contribution < -0.4 is 10.2 Å². The fourth-order valence-corrected chi connectivity index (χ4v) is 8.81. The number of rotatable bonds is 4. The number of nitrogens with zero attached hydrogens (tertiary/aromatic N) is 2. The van der Waals surface area contributed by atoms with Gasteiger partial charge in [0, 0.05) is 42.4 Å². The minimum Gasteiger partial charge on any atom is -0.361 e. The molecule has 1 aliphatic carbocycles. The van der Waals surface area contributed by atoms with E-state index in [0.717, 1.165) is 17.5 Å². The van der Waals surface area contributed by atoms with Gasteiger partial charge >= 0.3 is 0 Å². The molecule has 4 fully saturated rings. The van der Waals surface area contributed by atoms with E-state index in [2.05, 4.69) is 41.7 Å². The number of piperidine rings is 1. The molecule has 10 nitrogen and oxygen atoms in total. The second kappa shape index (κ2) is 9.38. The zero-order valence-corrected chi connectivity index (χ0v) is 24.5. The van der Waals surface area contributed by atoms with Crippen molar-refractivity contribution >= 4 is 28.6 Å². The molecular weight excluding hydrogens is 546 g/mol. The molecule has 3 aromatic rings. The van der Waals surface area contributed by atoms with Gasteiger partial charge in [-0.1, -0.05) is 42.5 Å². The molecular formula is C33H38N5O5+. The lowest BCUT2D eigenvalue weighted by atomic mass is 9.72. The van der Waals surface area contributed by atoms with Crippen LogP contribution in [0.15, 0.2) is 54.7 Å². The number of aromatic nitrogens is 1. The molecule has 3 amide bonds. The van der Waals surface area contributed by atoms with Crippen molar-refractivity contribution in [2.24, 2.45) is 5.92 Å². The van der Waals surface area contributed by atoms with Gasteiger partial charge in [-0.25, -0.2) is 0 Å². The molecule has 43 heavy (non-hydrogen) atoms. The first-order chi connectivity index (χ1) is 20.7. The van der Waals surface area contributed by atoms with Crippen LogP contribution in [0.3, 0.4) is 0 Å². The lowest BCUT2D eigenvalue weighted by Crippen LogP contribution is -3.16. The molecule has 8 rings (SSSR count). The predicted molar refractivity (Wildman–Crippen MR) is 156 cm³/mol. The van der Waals surface area contributed by atoms with Crippen LogP contribution in [-0.4, -0.2) is 87.5 Å². The molecule has 2 aromatic carbocycles. The van der Waals surface area contributed by atoms with Crippen molar-refractivity contribution in [3.05, 3.63) is 71.4 Å². The Balaban J connectivity index is 1.08. The molecule has 0 radical (unpaired) electrons. The quantitative estimate of drug-likeness (QED) is 0.360. The van der Waals surface area contributed by atoms with Gasteiger partial charge < -0.3 is 25.2 Å². The summed E-state index contributed by atoms with van der Waals surface area (Å²) in [5.74, 6) is -3.20. The summed E-state index contributed by atoms with van der Waals surface area (Å²) < 4.78 is 6.26. The normalized spacial score (nSPS) is 36.4. The Morgan fingerprint density at radius 1 is 1.19 bits per heavy atom. The van der Waals surface area contributed by atoms with Crippen molar-refractivity contribution in [2.45, 2.75) is 74.7 Å². The number of H-pyrrole nitrogens is 1. The maximum absolute atomic E-state index is 14.2. The Bertz CT molecular complexity index is 1640. The van der Waals surface area contributed by atoms with Crippen LogP contribution in [0.1, 0.15) is 48.8 Å². The van der Waals surface area contributed by atoms with E-state index in [1.807, 2.05) is 30.3 Å². The number of aliphatic hydroxyl groups is 1. The number of aromatic amines is 1. The molecule has 5 aliphatic rings. The van der Waals surface area contributed by atoms with Gasteiger partial charge in [-0.2, -0.15) is 0 Å². The number of amides is 3. The van der Waals surface area contributed by atoms with Gasteiger partial charge in [-0.05, 0) is 48.9 Å². The van der Waals surface area contributed by atoms with Crippen LogP contribution in [0.4, 0.5) is 0 Å². The first-order valence-corrected chi connectivity index (χ1v) is 15.5. The Hall–Kier alpha value is -3.73. The molecule has 1 unspecified atom stereocenters. The molecule has 10 heteroatoms. The number of piperazine rings is 1. The average molecular weight is 585 g/mol. The lowest BCUT2D eigenvalue weighted by molar-refractivity contribution is -0.915. The maximum atomic E-state index is 14.2. The molecule has 0 bridgehead atoms. The van der Waals surface area contributed by atoms with E-state index in [9.17, 15) is 19.5 Å². The molecule has 4 N–H and O–H groups in total. The van der Waals surface area contributed by atoms with Crippen LogP contribution in [0, 0.1) is 5.92 Å². The number of ether oxygens (including phenoxy) is 1. The number of hydrogen-bond donors (Lipinski definition) is 4. The van der Waals surface area contributed by atoms with Crippen LogP contribution in [-0.2, 0) is 32.0 Å². The minimum atomic E-state index is -2.02. The van der Waals surface area contributed by atoms with E-state index in [1.165, 1.54) is 33.2 Å². The first-order valence-electron chi connectivity index (χ1n) is 15.5. The largest absolute Gasteiger partial charge is 0.361 e. The first kappa shape index (κ1) is 26.9. The highest BCUT2D eigenvalue weighted by molar-refractivity contribution is 5.97. The zero-order valence-electron chi connectivity index (χ0n) is 24.5. The molecule has 8 atom stereocenters. The van der Waals surface area contributed by atoms with E-state index in [4.69, 9.17) is 4.74 Å². The molecule has 5 heterocycles. The van der Waals surface area contributed by atoms with Crippen LogP contribution in [0.25, 0.3) is 10.9 Å². The van der Waals surface area contributed by atoms with Crippen molar-refractivity contribution in [3.8, 4) is 0 Å². The summed E-state index contributed by atoms with van der Waals surface area (Å²) in [6, 6.07) is 14.6. The Morgan fingerprint density at radius 3 is 2.81 bits per heavy atom. The third-order valence-corrected chi connectivity index (χ3v) is 10.8. The topological polar surface area (TPSA) is 119 Å². The highest BCUT2D eigenvalue weighted by Gasteiger charge is 2.70. The van der Waals surface area contributed by atoms with Crippen LogP contribution in [0.5, 0.6) is 0 Å². The number of carbonyl (C=O) groups excluding carboxylic acids is 3. The zero-order chi connectivity index (χ0) is 29.7. The molecule has 4 aliphatic heterocycles. The Kier molecular flexibility index (Phi) is 5.86. The summed E-state index contributed by atoms with van der Waals surface area (Å²) >= 11 is 0. The number of fused-ring (bicyclic) bond motifs is 5. The van der Waals surface area contributed by atoms with Gasteiger partial charge in [0.1, 0.15) is 12.1 Å². The number of likely N-dealkylation sites (tertiary alicyclic amines) is 1. The summed E-state index contributed by atoms with van der Waals surface area (Å²) in [5.41, 5.74) is 2.80. The van der Waals surface area contributed by atoms with Crippen LogP contribution in [0.2, 0.25) is 0 Å². The standard InChI is InChI=1S/C33H37N5O5/c1-32(35-29(39)21-15-23-22-10-6-11-24-28(22)20(17-34-24)16-25(23)36(2)18-21)31(41)38-26(14-19-8-4-3-5-9-19)30(40)37-13-7-12-27(37)33(38,42)43-32/h3-6,8-11,17,21,23,25-27,34,42H,7,12-16,18H2,1-2H3,(H,35,39)/p+1/t21-,23-,25+,26-,27-,32+,33+/m1/s1. The summed E-state index contributed by atoms with van der Waals surface area (Å²) in [6.45, 7) is 2.65. The minimum absolute atomic E-state index is 0.192. The average Bonchev–Trinajstić information content (AvgIpc) is 3.70. The van der Waals surface area contributed by atoms with Crippen molar-refractivity contribution in [1.29, 1.82) is 0 Å². The molecule has 1 aromatic heterocycles. The fraction of sp³-hybridized carbons (Fsp3) is 0.485. The highest BCUT2D eigenvalue weighted by atomic mass is 16.7. The van der Waals surface area contributed by atoms with Crippen molar-refractivity contribution in [2.75, 3.05) is 20.1 Å². The van der Waals surface area contributed by atoms with Crippen LogP contribution >= 0.6 is 0 Å². The molecule has 224 valence electrons. The SMILES string of the molecule is C[NH+]1C[C@H](C(=O)N[C@@]2(C)O[C@@]3(O)[C@H]4CCCN4C(=O)[C@@H](Cc4ccccc4)N3C2=O)C[C@@H]2c3cccc4[nH]cc(c34)C[C@@H]21. The predicted octanol–water partition coefficient (Wildman–Crippen LogP) is 0.664. The number of quaternary nitrogens is 1. The van der Waals surface area contributed by atoms with E-state index in [-0.39, 0.29) is 30.1 Å². The number of hydrogen-bond acceptors (Lipinski definition) is 5. The summed E-state index contributed by atoms with van der Waals surface area (Å²) in [5, 5.41) is 16.3. The Morgan fingerprint density at radius 2 is 2.00 bits per heavy atom. The van der Waals surface area contributed by atoms with E-state index in [1.54, 1.807) is 4.90 Å². The van der Waals surface area contributed by atoms with Gasteiger partial charge in [0.2, 0.25) is 17.5 Å². The lowest BCUT2D eigenvalue weighted by Gasteiger charge is -2.48. The van der Waals surface area contributed by atoms with Crippen molar-refractivity contribution in [1.82, 2.24) is 20.1 Å². The number of nitrogens with one attached hydrogen (secondary N) is 3. The van der Waals surface area contributed by atoms with Gasteiger partial charge in [0.05, 0.1) is 25.6 Å². The summed E-state index contributed by atoms with van der Waals surface area (Å²) in [6.07, 6.45) is 5.21. The van der Waals surface area contributed by atoms with E-state index >= 15 is 0 Å². The number of benzene rings is 2. The highest BCUT2D eigenvalue weighted by Crippen LogP contribution is 2.46. The van der Waals surface area contributed by atoms with E-state index < -0.39 is 29.6 Å². The number of carbonyl (C=O) groups is 3. The maximum Gasteiger partial charge on any atom is 0.280 e. The fourth-order valence-electron chi connectivity index (χ4n) is 8.81. The second-order valence-electron chi connectivity index (χ2n) is 13.3. The molecule has 0 saturated carbocycles. The van der Waals surface area contributed by atoms with Crippen molar-refractivity contribution < 1.29 is 29.1 Å². The van der Waals surface area contributed by atoms with E-state index in [0.29, 0.717) is 38.4 Å². The van der Waals surface area contributed by atoms with Gasteiger partial charge in [-0.15, -0.1) is 0 Å². The van der Waals surface area contributed by atoms with Gasteiger partial charge in [0.15, 0.2) is 0 Å². The third-order valence-electron chi connectivity index (χ3n) is 10.8.